The van der Waals surface area contributed by atoms with E-state index in [2.05, 4.69) is 21.2 Å². The van der Waals surface area contributed by atoms with E-state index in [-0.39, 0.29) is 11.4 Å². The molecule has 100 valence electrons. The topological polar surface area (TPSA) is 47.3 Å². The Morgan fingerprint density at radius 2 is 1.79 bits per heavy atom. The first-order chi connectivity index (χ1) is 9.01. The van der Waals surface area contributed by atoms with Crippen LogP contribution in [0.25, 0.3) is 0 Å². The molecule has 2 aromatic carbocycles. The van der Waals surface area contributed by atoms with Crippen LogP contribution in [0.5, 0.6) is 5.75 Å². The van der Waals surface area contributed by atoms with Gasteiger partial charge in [-0.25, -0.2) is 8.78 Å². The molecule has 0 saturated heterocycles. The molecule has 0 fully saturated rings. The summed E-state index contributed by atoms with van der Waals surface area (Å²) in [4.78, 5) is 0. The summed E-state index contributed by atoms with van der Waals surface area (Å²) in [6.45, 7) is 0. The number of ether oxygens (including phenoxy) is 1. The lowest BCUT2D eigenvalue weighted by atomic mass is 10.2. The quantitative estimate of drug-likeness (QED) is 0.835. The number of benzene rings is 2. The first kappa shape index (κ1) is 13.6. The van der Waals surface area contributed by atoms with E-state index in [9.17, 15) is 8.78 Å². The second-order valence-electron chi connectivity index (χ2n) is 3.83. The number of methoxy groups -OCH3 is 1. The van der Waals surface area contributed by atoms with Gasteiger partial charge in [-0.3, -0.25) is 0 Å². The van der Waals surface area contributed by atoms with Crippen molar-refractivity contribution in [3.05, 3.63) is 46.4 Å². The Hall–Kier alpha value is -1.82. The molecule has 0 radical (unpaired) electrons. The van der Waals surface area contributed by atoms with Gasteiger partial charge in [0.15, 0.2) is 11.6 Å². The van der Waals surface area contributed by atoms with E-state index in [1.54, 1.807) is 18.2 Å². The third kappa shape index (κ3) is 2.96. The van der Waals surface area contributed by atoms with Gasteiger partial charge >= 0.3 is 0 Å². The van der Waals surface area contributed by atoms with Crippen molar-refractivity contribution in [3.63, 3.8) is 0 Å². The Labute approximate surface area is 117 Å². The predicted molar refractivity (Wildman–Crippen MR) is 74.7 cm³/mol. The average molecular weight is 329 g/mol. The van der Waals surface area contributed by atoms with Gasteiger partial charge in [0.2, 0.25) is 0 Å². The second-order valence-corrected chi connectivity index (χ2v) is 4.69. The Balaban J connectivity index is 2.36. The van der Waals surface area contributed by atoms with Gasteiger partial charge < -0.3 is 15.8 Å². The van der Waals surface area contributed by atoms with E-state index in [1.165, 1.54) is 7.11 Å². The maximum absolute atomic E-state index is 13.6. The molecule has 0 unspecified atom stereocenters. The van der Waals surface area contributed by atoms with Crippen molar-refractivity contribution in [1.82, 2.24) is 0 Å². The lowest BCUT2D eigenvalue weighted by Crippen LogP contribution is -2.00. The van der Waals surface area contributed by atoms with Gasteiger partial charge in [0.05, 0.1) is 11.6 Å². The first-order valence-electron chi connectivity index (χ1n) is 5.36. The summed E-state index contributed by atoms with van der Waals surface area (Å²) in [5.41, 5.74) is 5.64. The molecule has 0 bridgehead atoms. The van der Waals surface area contributed by atoms with Crippen molar-refractivity contribution < 1.29 is 13.5 Å². The number of halogens is 3. The normalized spacial score (nSPS) is 10.3. The minimum absolute atomic E-state index is 0.0361. The third-order valence-corrected chi connectivity index (χ3v) is 3.14. The van der Waals surface area contributed by atoms with Gasteiger partial charge in [0.1, 0.15) is 11.4 Å². The van der Waals surface area contributed by atoms with Crippen LogP contribution in [0.4, 0.5) is 25.8 Å². The average Bonchev–Trinajstić information content (AvgIpc) is 2.35. The largest absolute Gasteiger partial charge is 0.495 e. The third-order valence-electron chi connectivity index (χ3n) is 2.48. The van der Waals surface area contributed by atoms with Crippen LogP contribution in [0, 0.1) is 11.6 Å². The second kappa shape index (κ2) is 5.44. The predicted octanol–water partition coefficient (Wildman–Crippen LogP) is 4.06. The summed E-state index contributed by atoms with van der Waals surface area (Å²) in [6, 6.07) is 7.12. The van der Waals surface area contributed by atoms with Gasteiger partial charge in [-0.05, 0) is 40.2 Å². The summed E-state index contributed by atoms with van der Waals surface area (Å²) >= 11 is 3.30. The van der Waals surface area contributed by atoms with Gasteiger partial charge in [0.25, 0.3) is 0 Å². The van der Waals surface area contributed by atoms with Crippen LogP contribution < -0.4 is 15.8 Å². The van der Waals surface area contributed by atoms with Gasteiger partial charge in [0, 0.05) is 17.4 Å². The molecule has 2 aromatic rings. The van der Waals surface area contributed by atoms with Crippen LogP contribution in [-0.2, 0) is 0 Å². The number of nitrogens with two attached hydrogens (primary N) is 1. The minimum Gasteiger partial charge on any atom is -0.495 e. The lowest BCUT2D eigenvalue weighted by molar-refractivity contribution is 0.412. The molecule has 0 atom stereocenters. The highest BCUT2D eigenvalue weighted by molar-refractivity contribution is 9.10. The van der Waals surface area contributed by atoms with E-state index >= 15 is 0 Å². The van der Waals surface area contributed by atoms with Gasteiger partial charge in [-0.15, -0.1) is 0 Å². The summed E-state index contributed by atoms with van der Waals surface area (Å²) in [7, 11) is 1.51. The van der Waals surface area contributed by atoms with E-state index < -0.39 is 11.6 Å². The van der Waals surface area contributed by atoms with Crippen LogP contribution in [0.15, 0.2) is 34.8 Å². The van der Waals surface area contributed by atoms with Crippen LogP contribution in [0.1, 0.15) is 0 Å². The van der Waals surface area contributed by atoms with Crippen molar-refractivity contribution in [2.75, 3.05) is 18.2 Å². The van der Waals surface area contributed by atoms with Crippen molar-refractivity contribution in [3.8, 4) is 5.75 Å². The van der Waals surface area contributed by atoms with E-state index in [4.69, 9.17) is 10.5 Å². The van der Waals surface area contributed by atoms with Crippen molar-refractivity contribution in [2.24, 2.45) is 0 Å². The number of nitrogen functional groups attached to an aromatic ring is 1. The fourth-order valence-electron chi connectivity index (χ4n) is 1.59. The van der Waals surface area contributed by atoms with Crippen molar-refractivity contribution in [1.29, 1.82) is 0 Å². The molecular weight excluding hydrogens is 318 g/mol. The summed E-state index contributed by atoms with van der Waals surface area (Å²) in [5, 5.41) is 2.66. The lowest BCUT2D eigenvalue weighted by Gasteiger charge is -2.11. The van der Waals surface area contributed by atoms with E-state index in [0.717, 1.165) is 16.6 Å². The van der Waals surface area contributed by atoms with E-state index in [1.807, 2.05) is 0 Å². The molecule has 0 aliphatic carbocycles. The number of hydrogen-bond acceptors (Lipinski definition) is 3. The molecular formula is C13H11BrF2N2O. The van der Waals surface area contributed by atoms with Crippen LogP contribution in [0.2, 0.25) is 0 Å². The number of nitrogens with one attached hydrogen (secondary N) is 1. The Morgan fingerprint density at radius 1 is 1.16 bits per heavy atom. The highest BCUT2D eigenvalue weighted by Crippen LogP contribution is 2.31. The molecule has 0 amide bonds. The monoisotopic (exact) mass is 328 g/mol. The molecule has 0 aliphatic heterocycles. The molecule has 0 aliphatic rings. The molecule has 3 nitrogen and oxygen atoms in total. The Morgan fingerprint density at radius 3 is 2.37 bits per heavy atom. The van der Waals surface area contributed by atoms with Crippen molar-refractivity contribution in [2.45, 2.75) is 0 Å². The van der Waals surface area contributed by atoms with Crippen LogP contribution >= 0.6 is 15.9 Å². The molecule has 0 aromatic heterocycles. The molecule has 0 heterocycles. The SMILES string of the molecule is COc1cc(Nc2c(F)cc(N)cc2F)ccc1Br. The van der Waals surface area contributed by atoms with Crippen LogP contribution in [-0.4, -0.2) is 7.11 Å². The maximum atomic E-state index is 13.6. The molecule has 2 rings (SSSR count). The zero-order valence-electron chi connectivity index (χ0n) is 10.0. The highest BCUT2D eigenvalue weighted by Gasteiger charge is 2.11. The standard InChI is InChI=1S/C13H11BrF2N2O/c1-19-12-6-8(2-3-9(12)14)18-13-10(15)4-7(17)5-11(13)16/h2-6,18H,17H2,1H3. The molecule has 0 spiro atoms. The first-order valence-corrected chi connectivity index (χ1v) is 6.15. The van der Waals surface area contributed by atoms with Crippen molar-refractivity contribution >= 4 is 33.0 Å². The Kier molecular flexibility index (Phi) is 3.90. The number of rotatable bonds is 3. The fourth-order valence-corrected chi connectivity index (χ4v) is 2.00. The number of hydrogen-bond donors (Lipinski definition) is 2. The highest BCUT2D eigenvalue weighted by atomic mass is 79.9. The zero-order valence-corrected chi connectivity index (χ0v) is 11.6. The molecule has 3 N–H and O–H groups in total. The van der Waals surface area contributed by atoms with Crippen LogP contribution in [0.3, 0.4) is 0 Å². The van der Waals surface area contributed by atoms with Gasteiger partial charge in [-0.2, -0.15) is 0 Å². The smallest absolute Gasteiger partial charge is 0.151 e. The summed E-state index contributed by atoms with van der Waals surface area (Å²) < 4.78 is 33.1. The van der Waals surface area contributed by atoms with E-state index in [0.29, 0.717) is 11.4 Å². The van der Waals surface area contributed by atoms with Gasteiger partial charge in [-0.1, -0.05) is 0 Å². The molecule has 0 saturated carbocycles. The number of anilines is 3. The molecule has 6 heteroatoms. The Bertz CT molecular complexity index is 597. The molecule has 19 heavy (non-hydrogen) atoms. The fraction of sp³-hybridized carbons (Fsp3) is 0.0769. The maximum Gasteiger partial charge on any atom is 0.151 e. The minimum atomic E-state index is -0.751. The summed E-state index contributed by atoms with van der Waals surface area (Å²) in [6.07, 6.45) is 0. The zero-order chi connectivity index (χ0) is 14.0. The summed E-state index contributed by atoms with van der Waals surface area (Å²) in [5.74, 6) is -0.944.